The summed E-state index contributed by atoms with van der Waals surface area (Å²) < 4.78 is 49.9. The van der Waals surface area contributed by atoms with Gasteiger partial charge in [0.2, 0.25) is 0 Å². The molecule has 0 saturated carbocycles. The molecule has 2 heterocycles. The highest BCUT2D eigenvalue weighted by Crippen LogP contribution is 2.28. The van der Waals surface area contributed by atoms with E-state index in [9.17, 15) is 22.6 Å². The Balaban J connectivity index is 2.67. The lowest BCUT2D eigenvalue weighted by Gasteiger charge is -2.14. The molecule has 0 saturated heterocycles. The fraction of sp³-hybridized carbons (Fsp3) is 0.417. The monoisotopic (exact) mass is 316 g/mol. The van der Waals surface area contributed by atoms with E-state index in [2.05, 4.69) is 9.97 Å². The van der Waals surface area contributed by atoms with Gasteiger partial charge in [0.1, 0.15) is 28.8 Å². The lowest BCUT2D eigenvalue weighted by molar-refractivity contribution is -0.0386. The van der Waals surface area contributed by atoms with Gasteiger partial charge in [0.15, 0.2) is 10.8 Å². The Kier molecular flexibility index (Phi) is 3.53. The second-order valence-corrected chi connectivity index (χ2v) is 6.76. The molecule has 0 aliphatic carbocycles. The Morgan fingerprint density at radius 3 is 2.43 bits per heavy atom. The van der Waals surface area contributed by atoms with Crippen molar-refractivity contribution in [1.82, 2.24) is 14.4 Å². The summed E-state index contributed by atoms with van der Waals surface area (Å²) in [4.78, 5) is 7.71. The molecule has 1 unspecified atom stereocenters. The van der Waals surface area contributed by atoms with Crippen molar-refractivity contribution in [3.63, 3.8) is 0 Å². The van der Waals surface area contributed by atoms with Crippen LogP contribution in [0.3, 0.4) is 0 Å². The van der Waals surface area contributed by atoms with Crippen LogP contribution in [0.15, 0.2) is 17.4 Å². The lowest BCUT2D eigenvalue weighted by atomic mass is 9.91. The van der Waals surface area contributed by atoms with Crippen molar-refractivity contribution in [3.8, 4) is 6.07 Å². The third-order valence-electron chi connectivity index (χ3n) is 2.71. The summed E-state index contributed by atoms with van der Waals surface area (Å²) in [6.07, 6.45) is 1.04. The molecule has 5 nitrogen and oxygen atoms in total. The molecule has 21 heavy (non-hydrogen) atoms. The minimum absolute atomic E-state index is 0.110. The zero-order valence-corrected chi connectivity index (χ0v) is 12.2. The highest BCUT2D eigenvalue weighted by Gasteiger charge is 2.39. The quantitative estimate of drug-likeness (QED) is 0.758. The standard InChI is InChI=1S/C12H11F3N4OS/c1-11(2,3)10-7(5-16)19-6-17-9(4-8(19)18-10)21(20)12(13,14)15/h4,6H,1-3H3. The molecular formula is C12H11F3N4OS. The third-order valence-corrected chi connectivity index (χ3v) is 3.73. The maximum Gasteiger partial charge on any atom is 0.477 e. The molecule has 0 radical (unpaired) electrons. The molecule has 0 aromatic carbocycles. The molecule has 2 aromatic rings. The van der Waals surface area contributed by atoms with Crippen LogP contribution in [0.4, 0.5) is 13.2 Å². The number of hydrogen-bond acceptors (Lipinski definition) is 4. The van der Waals surface area contributed by atoms with Crippen molar-refractivity contribution in [1.29, 1.82) is 5.26 Å². The average molecular weight is 316 g/mol. The largest absolute Gasteiger partial charge is 0.477 e. The minimum atomic E-state index is -4.89. The van der Waals surface area contributed by atoms with E-state index in [1.54, 1.807) is 0 Å². The zero-order chi connectivity index (χ0) is 16.0. The Bertz CT molecular complexity index is 768. The van der Waals surface area contributed by atoms with Crippen molar-refractivity contribution in [2.24, 2.45) is 0 Å². The van der Waals surface area contributed by atoms with Crippen LogP contribution in [-0.4, -0.2) is 24.1 Å². The third kappa shape index (κ3) is 2.76. The summed E-state index contributed by atoms with van der Waals surface area (Å²) in [5, 5.41) is 8.56. The first kappa shape index (κ1) is 15.4. The second kappa shape index (κ2) is 4.80. The fourth-order valence-electron chi connectivity index (χ4n) is 1.78. The molecule has 0 fully saturated rings. The molecule has 9 heteroatoms. The fourth-order valence-corrected chi connectivity index (χ4v) is 2.37. The Labute approximate surface area is 120 Å². The molecule has 0 N–H and O–H groups in total. The van der Waals surface area contributed by atoms with Gasteiger partial charge < -0.3 is 0 Å². The van der Waals surface area contributed by atoms with Gasteiger partial charge in [-0.05, 0) is 0 Å². The lowest BCUT2D eigenvalue weighted by Crippen LogP contribution is -2.17. The maximum absolute atomic E-state index is 12.5. The molecule has 2 aromatic heterocycles. The summed E-state index contributed by atoms with van der Waals surface area (Å²) >= 11 is 0. The van der Waals surface area contributed by atoms with Crippen LogP contribution < -0.4 is 0 Å². The summed E-state index contributed by atoms with van der Waals surface area (Å²) in [6.45, 7) is 5.49. The first-order chi connectivity index (χ1) is 9.55. The van der Waals surface area contributed by atoms with Crippen LogP contribution in [0, 0.1) is 11.3 Å². The number of hydrogen-bond donors (Lipinski definition) is 0. The molecular weight excluding hydrogens is 305 g/mol. The summed E-state index contributed by atoms with van der Waals surface area (Å²) in [5.41, 5.74) is -4.58. The van der Waals surface area contributed by atoms with Crippen LogP contribution in [0.25, 0.3) is 5.65 Å². The van der Waals surface area contributed by atoms with Crippen molar-refractivity contribution in [2.75, 3.05) is 0 Å². The van der Waals surface area contributed by atoms with Gasteiger partial charge in [-0.1, -0.05) is 20.8 Å². The van der Waals surface area contributed by atoms with Crippen LogP contribution in [0.5, 0.6) is 0 Å². The van der Waals surface area contributed by atoms with Crippen LogP contribution in [-0.2, 0) is 16.2 Å². The van der Waals surface area contributed by atoms with Gasteiger partial charge in [0.05, 0.1) is 5.69 Å². The number of aromatic nitrogens is 3. The van der Waals surface area contributed by atoms with Gasteiger partial charge >= 0.3 is 5.51 Å². The second-order valence-electron chi connectivity index (χ2n) is 5.34. The van der Waals surface area contributed by atoms with E-state index < -0.39 is 26.7 Å². The van der Waals surface area contributed by atoms with E-state index >= 15 is 0 Å². The van der Waals surface area contributed by atoms with Crippen LogP contribution >= 0.6 is 0 Å². The topological polar surface area (TPSA) is 71.1 Å². The Hall–Kier alpha value is -1.95. The first-order valence-corrected chi connectivity index (χ1v) is 6.98. The summed E-state index contributed by atoms with van der Waals surface area (Å²) in [5.74, 6) is 0. The Morgan fingerprint density at radius 2 is 1.95 bits per heavy atom. The van der Waals surface area contributed by atoms with Crippen molar-refractivity contribution in [2.45, 2.75) is 36.7 Å². The average Bonchev–Trinajstić information content (AvgIpc) is 2.74. The summed E-state index contributed by atoms with van der Waals surface area (Å²) in [6, 6.07) is 2.95. The Morgan fingerprint density at radius 1 is 1.33 bits per heavy atom. The number of imidazole rings is 1. The van der Waals surface area contributed by atoms with E-state index in [0.717, 1.165) is 12.4 Å². The van der Waals surface area contributed by atoms with E-state index in [1.165, 1.54) is 4.40 Å². The predicted octanol–water partition coefficient (Wildman–Crippen LogP) is 2.53. The molecule has 0 spiro atoms. The zero-order valence-electron chi connectivity index (χ0n) is 11.4. The summed E-state index contributed by atoms with van der Waals surface area (Å²) in [7, 11) is -3.22. The van der Waals surface area contributed by atoms with Crippen molar-refractivity contribution >= 4 is 16.4 Å². The van der Waals surface area contributed by atoms with Gasteiger partial charge in [-0.15, -0.1) is 0 Å². The van der Waals surface area contributed by atoms with Crippen LogP contribution in [0.1, 0.15) is 32.2 Å². The van der Waals surface area contributed by atoms with Crippen molar-refractivity contribution < 1.29 is 17.4 Å². The molecule has 0 amide bonds. The van der Waals surface area contributed by atoms with Gasteiger partial charge in [-0.3, -0.25) is 4.40 Å². The van der Waals surface area contributed by atoms with Gasteiger partial charge in [-0.2, -0.15) is 18.4 Å². The molecule has 0 bridgehead atoms. The number of rotatable bonds is 1. The number of halogens is 3. The molecule has 0 aliphatic heterocycles. The number of nitrogens with zero attached hydrogens (tertiary/aromatic N) is 4. The molecule has 1 atom stereocenters. The maximum atomic E-state index is 12.5. The molecule has 112 valence electrons. The van der Waals surface area contributed by atoms with E-state index in [4.69, 9.17) is 0 Å². The minimum Gasteiger partial charge on any atom is -0.274 e. The number of alkyl halides is 3. The number of nitriles is 1. The van der Waals surface area contributed by atoms with Gasteiger partial charge in [0, 0.05) is 11.5 Å². The highest BCUT2D eigenvalue weighted by molar-refractivity contribution is 7.85. The van der Waals surface area contributed by atoms with Gasteiger partial charge in [0.25, 0.3) is 0 Å². The number of fused-ring (bicyclic) bond motifs is 1. The predicted molar refractivity (Wildman–Crippen MR) is 68.9 cm³/mol. The van der Waals surface area contributed by atoms with E-state index in [0.29, 0.717) is 5.69 Å². The molecule has 0 aliphatic rings. The SMILES string of the molecule is CC(C)(C)c1nc2cc(S(=O)C(F)(F)F)ncn2c1C#N. The smallest absolute Gasteiger partial charge is 0.274 e. The van der Waals surface area contributed by atoms with Gasteiger partial charge in [-0.25, -0.2) is 14.2 Å². The van der Waals surface area contributed by atoms with E-state index in [1.807, 2.05) is 26.8 Å². The van der Waals surface area contributed by atoms with Crippen molar-refractivity contribution in [3.05, 3.63) is 23.8 Å². The first-order valence-electron chi connectivity index (χ1n) is 5.83. The van der Waals surface area contributed by atoms with Crippen LogP contribution in [0.2, 0.25) is 0 Å². The molecule has 2 rings (SSSR count). The normalized spacial score (nSPS) is 14.1. The van der Waals surface area contributed by atoms with E-state index in [-0.39, 0.29) is 11.3 Å². The highest BCUT2D eigenvalue weighted by atomic mass is 32.2.